The number of nitrogens with one attached hydrogen (secondary N) is 2. The highest BCUT2D eigenvalue weighted by atomic mass is 79.9. The number of anilines is 1. The molecule has 0 aromatic heterocycles. The van der Waals surface area contributed by atoms with Crippen molar-refractivity contribution in [3.05, 3.63) is 70.2 Å². The summed E-state index contributed by atoms with van der Waals surface area (Å²) in [7, 11) is 0. The van der Waals surface area contributed by atoms with E-state index in [-0.39, 0.29) is 24.9 Å². The van der Waals surface area contributed by atoms with Gasteiger partial charge < -0.3 is 10.6 Å². The fraction of sp³-hybridized carbons (Fsp3) is 0.105. The Kier molecular flexibility index (Phi) is 5.48. The predicted molar refractivity (Wildman–Crippen MR) is 102 cm³/mol. The third-order valence-corrected chi connectivity index (χ3v) is 4.51. The average molecular weight is 414 g/mol. The van der Waals surface area contributed by atoms with Crippen LogP contribution in [0.5, 0.6) is 0 Å². The summed E-state index contributed by atoms with van der Waals surface area (Å²) < 4.78 is 0.902. The van der Waals surface area contributed by atoms with Crippen molar-refractivity contribution in [2.24, 2.45) is 0 Å². The van der Waals surface area contributed by atoms with Crippen LogP contribution in [0.2, 0.25) is 0 Å². The molecular formula is C19H16BrN3O3. The first kappa shape index (κ1) is 17.9. The Bertz CT molecular complexity index is 879. The third kappa shape index (κ3) is 4.37. The summed E-state index contributed by atoms with van der Waals surface area (Å²) in [5, 5.41) is 5.25. The van der Waals surface area contributed by atoms with E-state index >= 15 is 0 Å². The van der Waals surface area contributed by atoms with E-state index in [4.69, 9.17) is 0 Å². The number of hydrogen-bond acceptors (Lipinski definition) is 3. The van der Waals surface area contributed by atoms with Crippen LogP contribution in [-0.4, -0.2) is 29.3 Å². The van der Waals surface area contributed by atoms with Gasteiger partial charge >= 0.3 is 6.03 Å². The van der Waals surface area contributed by atoms with E-state index in [0.717, 1.165) is 20.5 Å². The Hall–Kier alpha value is -2.93. The SMILES string of the molecule is O=C(/C=C/c1ccccc1Br)Nc1cccc(CN2C(=O)CNC2=O)c1. The number of nitrogens with zero attached hydrogens (tertiary/aromatic N) is 1. The highest BCUT2D eigenvalue weighted by molar-refractivity contribution is 9.10. The van der Waals surface area contributed by atoms with E-state index < -0.39 is 6.03 Å². The van der Waals surface area contributed by atoms with Crippen LogP contribution in [0.1, 0.15) is 11.1 Å². The minimum atomic E-state index is -0.402. The summed E-state index contributed by atoms with van der Waals surface area (Å²) >= 11 is 3.43. The minimum absolute atomic E-state index is 0.0229. The average Bonchev–Trinajstić information content (AvgIpc) is 2.93. The molecule has 0 saturated carbocycles. The Morgan fingerprint density at radius 3 is 2.73 bits per heavy atom. The van der Waals surface area contributed by atoms with E-state index in [2.05, 4.69) is 26.6 Å². The molecule has 2 N–H and O–H groups in total. The van der Waals surface area contributed by atoms with Crippen molar-refractivity contribution < 1.29 is 14.4 Å². The highest BCUT2D eigenvalue weighted by Gasteiger charge is 2.28. The number of carbonyl (C=O) groups is 3. The quantitative estimate of drug-likeness (QED) is 0.583. The summed E-state index contributed by atoms with van der Waals surface area (Å²) in [4.78, 5) is 36.5. The summed E-state index contributed by atoms with van der Waals surface area (Å²) in [5.41, 5.74) is 2.24. The number of hydrogen-bond donors (Lipinski definition) is 2. The lowest BCUT2D eigenvalue weighted by atomic mass is 10.2. The van der Waals surface area contributed by atoms with Gasteiger partial charge in [0.2, 0.25) is 11.8 Å². The zero-order valence-electron chi connectivity index (χ0n) is 13.7. The number of imide groups is 1. The molecule has 26 heavy (non-hydrogen) atoms. The molecule has 6 nitrogen and oxygen atoms in total. The van der Waals surface area contributed by atoms with E-state index in [1.165, 1.54) is 6.08 Å². The molecule has 0 atom stereocenters. The smallest absolute Gasteiger partial charge is 0.324 e. The monoisotopic (exact) mass is 413 g/mol. The van der Waals surface area contributed by atoms with Crippen molar-refractivity contribution in [3.8, 4) is 0 Å². The summed E-state index contributed by atoms with van der Waals surface area (Å²) in [6.07, 6.45) is 3.17. The van der Waals surface area contributed by atoms with Crippen LogP contribution in [0.3, 0.4) is 0 Å². The zero-order valence-corrected chi connectivity index (χ0v) is 15.3. The largest absolute Gasteiger partial charge is 0.329 e. The van der Waals surface area contributed by atoms with Crippen LogP contribution in [-0.2, 0) is 16.1 Å². The fourth-order valence-electron chi connectivity index (χ4n) is 2.50. The lowest BCUT2D eigenvalue weighted by Gasteiger charge is -2.13. The number of rotatable bonds is 5. The number of urea groups is 1. The maximum absolute atomic E-state index is 12.1. The van der Waals surface area contributed by atoms with Gasteiger partial charge in [0, 0.05) is 16.2 Å². The van der Waals surface area contributed by atoms with Gasteiger partial charge in [-0.3, -0.25) is 14.5 Å². The van der Waals surface area contributed by atoms with E-state index in [1.54, 1.807) is 30.3 Å². The second kappa shape index (κ2) is 7.97. The van der Waals surface area contributed by atoms with Crippen molar-refractivity contribution in [3.63, 3.8) is 0 Å². The van der Waals surface area contributed by atoms with Gasteiger partial charge in [-0.1, -0.05) is 46.3 Å². The Balaban J connectivity index is 1.65. The van der Waals surface area contributed by atoms with Gasteiger partial charge in [-0.25, -0.2) is 4.79 Å². The van der Waals surface area contributed by atoms with Gasteiger partial charge in [0.05, 0.1) is 13.1 Å². The molecule has 132 valence electrons. The summed E-state index contributed by atoms with van der Waals surface area (Å²) in [6, 6.07) is 14.2. The van der Waals surface area contributed by atoms with Gasteiger partial charge in [0.1, 0.15) is 0 Å². The first-order chi connectivity index (χ1) is 12.5. The molecule has 0 unspecified atom stereocenters. The van der Waals surface area contributed by atoms with Crippen molar-refractivity contribution >= 4 is 45.5 Å². The molecule has 2 aromatic carbocycles. The zero-order chi connectivity index (χ0) is 18.5. The van der Waals surface area contributed by atoms with Gasteiger partial charge in [-0.15, -0.1) is 0 Å². The van der Waals surface area contributed by atoms with Crippen molar-refractivity contribution in [2.45, 2.75) is 6.54 Å². The lowest BCUT2D eigenvalue weighted by molar-refractivity contribution is -0.125. The molecule has 0 aliphatic carbocycles. The predicted octanol–water partition coefficient (Wildman–Crippen LogP) is 3.15. The van der Waals surface area contributed by atoms with Crippen molar-refractivity contribution in [2.75, 3.05) is 11.9 Å². The molecule has 7 heteroatoms. The molecule has 2 aromatic rings. The molecule has 1 fully saturated rings. The second-order valence-corrected chi connectivity index (χ2v) is 6.54. The maximum atomic E-state index is 12.1. The molecule has 0 bridgehead atoms. The normalized spacial score (nSPS) is 14.0. The van der Waals surface area contributed by atoms with Crippen LogP contribution >= 0.6 is 15.9 Å². The van der Waals surface area contributed by atoms with Gasteiger partial charge in [0.15, 0.2) is 0 Å². The lowest BCUT2D eigenvalue weighted by Crippen LogP contribution is -2.30. The Morgan fingerprint density at radius 1 is 1.19 bits per heavy atom. The Labute approximate surface area is 159 Å². The maximum Gasteiger partial charge on any atom is 0.324 e. The summed E-state index contributed by atoms with van der Waals surface area (Å²) in [5.74, 6) is -0.534. The van der Waals surface area contributed by atoms with Crippen LogP contribution in [0.25, 0.3) is 6.08 Å². The molecule has 4 amide bonds. The number of carbonyl (C=O) groups excluding carboxylic acids is 3. The fourth-order valence-corrected chi connectivity index (χ4v) is 2.92. The Morgan fingerprint density at radius 2 is 2.00 bits per heavy atom. The van der Waals surface area contributed by atoms with Crippen LogP contribution in [0.15, 0.2) is 59.1 Å². The van der Waals surface area contributed by atoms with Gasteiger partial charge in [-0.2, -0.15) is 0 Å². The molecule has 1 aliphatic heterocycles. The molecule has 0 radical (unpaired) electrons. The van der Waals surface area contributed by atoms with Crippen LogP contribution < -0.4 is 10.6 Å². The highest BCUT2D eigenvalue weighted by Crippen LogP contribution is 2.18. The standard InChI is InChI=1S/C19H16BrN3O3/c20-16-7-2-1-5-14(16)8-9-17(24)22-15-6-3-4-13(10-15)12-23-18(25)11-21-19(23)26/h1-10H,11-12H2,(H,21,26)(H,22,24)/b9-8+. The first-order valence-corrected chi connectivity index (χ1v) is 8.73. The number of benzene rings is 2. The number of halogens is 1. The van der Waals surface area contributed by atoms with E-state index in [1.807, 2.05) is 24.3 Å². The van der Waals surface area contributed by atoms with E-state index in [9.17, 15) is 14.4 Å². The third-order valence-electron chi connectivity index (χ3n) is 3.79. The minimum Gasteiger partial charge on any atom is -0.329 e. The van der Waals surface area contributed by atoms with Gasteiger partial charge in [0.25, 0.3) is 0 Å². The van der Waals surface area contributed by atoms with Gasteiger partial charge in [-0.05, 0) is 35.4 Å². The van der Waals surface area contributed by atoms with E-state index in [0.29, 0.717) is 5.69 Å². The van der Waals surface area contributed by atoms with Crippen molar-refractivity contribution in [1.29, 1.82) is 0 Å². The topological polar surface area (TPSA) is 78.5 Å². The van der Waals surface area contributed by atoms with Crippen molar-refractivity contribution in [1.82, 2.24) is 10.2 Å². The molecular weight excluding hydrogens is 398 g/mol. The summed E-state index contributed by atoms with van der Waals surface area (Å²) in [6.45, 7) is 0.191. The molecule has 1 heterocycles. The molecule has 0 spiro atoms. The molecule has 1 aliphatic rings. The van der Waals surface area contributed by atoms with Crippen LogP contribution in [0.4, 0.5) is 10.5 Å². The first-order valence-electron chi connectivity index (χ1n) is 7.93. The molecule has 1 saturated heterocycles. The number of amides is 4. The molecule has 3 rings (SSSR count). The second-order valence-electron chi connectivity index (χ2n) is 5.68. The van der Waals surface area contributed by atoms with Crippen LogP contribution in [0, 0.1) is 0 Å².